The van der Waals surface area contributed by atoms with Crippen molar-refractivity contribution in [2.45, 2.75) is 137 Å². The van der Waals surface area contributed by atoms with E-state index in [1.807, 2.05) is 0 Å². The van der Waals surface area contributed by atoms with Crippen molar-refractivity contribution in [1.82, 2.24) is 0 Å². The fraction of sp³-hybridized carbons (Fsp3) is 0.919. The van der Waals surface area contributed by atoms with E-state index in [2.05, 4.69) is 74.6 Å². The lowest BCUT2D eigenvalue weighted by atomic mass is 9.45. The second-order valence-corrected chi connectivity index (χ2v) is 22.8. The van der Waals surface area contributed by atoms with Gasteiger partial charge in [-0.25, -0.2) is 4.79 Å². The standard InChI is InChI=1S/C37H64O8Si/c1-23(32-41-20-35(5,6)21-42-32)26-13-14-27-31-28(15-16-36(26,27)7)37(8)24(18-29(31)44-33(38)40-10)17-25(19-30(37)43-22-39-9)45-46(11,12)34(2,3)4/h18,23,25-32H,13-17,19-22H2,1-12H3/t23?,25-,26-,27+,28+,29-,30+,31+,36-,37+/m1/s1. The molecule has 5 rings (SSSR count). The summed E-state index contributed by atoms with van der Waals surface area (Å²) in [5.74, 6) is 1.62. The lowest BCUT2D eigenvalue weighted by molar-refractivity contribution is -0.253. The number of hydrogen-bond acceptors (Lipinski definition) is 8. The fourth-order valence-electron chi connectivity index (χ4n) is 10.1. The molecule has 0 aromatic carbocycles. The minimum atomic E-state index is -2.03. The number of fused-ring (bicyclic) bond motifs is 5. The monoisotopic (exact) mass is 664 g/mol. The van der Waals surface area contributed by atoms with Gasteiger partial charge in [-0.3, -0.25) is 0 Å². The summed E-state index contributed by atoms with van der Waals surface area (Å²) in [5.41, 5.74) is 1.23. The first-order chi connectivity index (χ1) is 21.4. The van der Waals surface area contributed by atoms with E-state index in [4.69, 9.17) is 32.8 Å². The van der Waals surface area contributed by atoms with Crippen molar-refractivity contribution < 1.29 is 37.6 Å². The molecule has 1 aliphatic heterocycles. The van der Waals surface area contributed by atoms with Crippen LogP contribution in [0.4, 0.5) is 4.79 Å². The molecule has 10 atom stereocenters. The van der Waals surface area contributed by atoms with Crippen LogP contribution in [0.2, 0.25) is 18.1 Å². The molecule has 3 saturated carbocycles. The summed E-state index contributed by atoms with van der Waals surface area (Å²) in [7, 11) is 1.08. The zero-order chi connectivity index (χ0) is 33.9. The highest BCUT2D eigenvalue weighted by Gasteiger charge is 2.65. The van der Waals surface area contributed by atoms with Crippen molar-refractivity contribution in [3.8, 4) is 0 Å². The molecule has 46 heavy (non-hydrogen) atoms. The highest BCUT2D eigenvalue weighted by molar-refractivity contribution is 6.74. The summed E-state index contributed by atoms with van der Waals surface area (Å²) in [5, 5.41) is 0.104. The summed E-state index contributed by atoms with van der Waals surface area (Å²) in [6.45, 7) is 24.9. The normalized spacial score (nSPS) is 40.3. The Morgan fingerprint density at radius 1 is 1.04 bits per heavy atom. The van der Waals surface area contributed by atoms with Crippen molar-refractivity contribution in [1.29, 1.82) is 0 Å². The van der Waals surface area contributed by atoms with Crippen molar-refractivity contribution in [2.75, 3.05) is 34.2 Å². The minimum Gasteiger partial charge on any atom is -0.438 e. The molecule has 0 spiro atoms. The first kappa shape index (κ1) is 36.3. The van der Waals surface area contributed by atoms with Crippen LogP contribution in [-0.2, 0) is 32.8 Å². The quantitative estimate of drug-likeness (QED) is 0.111. The molecule has 0 aromatic heterocycles. The number of methoxy groups -OCH3 is 2. The van der Waals surface area contributed by atoms with Crippen LogP contribution in [0.25, 0.3) is 0 Å². The molecule has 0 radical (unpaired) electrons. The SMILES string of the molecule is COCO[C@H]1C[C@H](O[Si](C)(C)C(C)(C)C)CC2=C[C@@H](OC(=O)OC)[C@H]3[C@@H]4CC[C@H](C(C)C5OCC(C)(C)CO5)[C@@]4(C)CC[C@@H]3[C@]21C. The maximum atomic E-state index is 12.8. The van der Waals surface area contributed by atoms with Crippen LogP contribution in [-0.4, -0.2) is 73.3 Å². The van der Waals surface area contributed by atoms with Gasteiger partial charge < -0.3 is 32.8 Å². The second kappa shape index (κ2) is 13.1. The maximum absolute atomic E-state index is 12.8. The Kier molecular flexibility index (Phi) is 10.3. The van der Waals surface area contributed by atoms with E-state index in [0.717, 1.165) is 51.7 Å². The lowest BCUT2D eigenvalue weighted by Crippen LogP contribution is -2.61. The van der Waals surface area contributed by atoms with Crippen LogP contribution in [0, 0.1) is 45.8 Å². The first-order valence-electron chi connectivity index (χ1n) is 17.9. The fourth-order valence-corrected chi connectivity index (χ4v) is 11.4. The Labute approximate surface area is 280 Å². The van der Waals surface area contributed by atoms with Gasteiger partial charge in [0.25, 0.3) is 0 Å². The Balaban J connectivity index is 1.48. The average molecular weight is 665 g/mol. The van der Waals surface area contributed by atoms with Gasteiger partial charge in [-0.1, -0.05) is 61.0 Å². The number of hydrogen-bond donors (Lipinski definition) is 0. The van der Waals surface area contributed by atoms with Crippen LogP contribution in [0.1, 0.15) is 93.9 Å². The van der Waals surface area contributed by atoms with Crippen LogP contribution in [0.5, 0.6) is 0 Å². The summed E-state index contributed by atoms with van der Waals surface area (Å²) in [6, 6.07) is 0. The van der Waals surface area contributed by atoms with Gasteiger partial charge in [0.2, 0.25) is 0 Å². The van der Waals surface area contributed by atoms with Crippen molar-refractivity contribution in [2.24, 2.45) is 45.8 Å². The molecule has 8 nitrogen and oxygen atoms in total. The number of rotatable bonds is 8. The lowest BCUT2D eigenvalue weighted by Gasteiger charge is -2.61. The smallest absolute Gasteiger partial charge is 0.438 e. The van der Waals surface area contributed by atoms with E-state index >= 15 is 0 Å². The molecule has 0 bridgehead atoms. The third-order valence-electron chi connectivity index (χ3n) is 13.6. The molecule has 0 amide bonds. The summed E-state index contributed by atoms with van der Waals surface area (Å²) in [4.78, 5) is 12.8. The predicted molar refractivity (Wildman–Crippen MR) is 181 cm³/mol. The average Bonchev–Trinajstić information content (AvgIpc) is 3.32. The van der Waals surface area contributed by atoms with Crippen LogP contribution in [0.15, 0.2) is 11.6 Å². The maximum Gasteiger partial charge on any atom is 0.508 e. The molecule has 0 aromatic rings. The molecule has 264 valence electrons. The van der Waals surface area contributed by atoms with Crippen LogP contribution in [0.3, 0.4) is 0 Å². The van der Waals surface area contributed by atoms with Gasteiger partial charge in [-0.2, -0.15) is 0 Å². The third-order valence-corrected chi connectivity index (χ3v) is 18.1. The molecule has 9 heteroatoms. The molecule has 1 unspecified atom stereocenters. The highest BCUT2D eigenvalue weighted by Crippen LogP contribution is 2.68. The van der Waals surface area contributed by atoms with Gasteiger partial charge in [-0.05, 0) is 85.9 Å². The highest BCUT2D eigenvalue weighted by atomic mass is 28.4. The Hall–Kier alpha value is -0.973. The zero-order valence-electron chi connectivity index (χ0n) is 30.9. The van der Waals surface area contributed by atoms with Crippen molar-refractivity contribution in [3.63, 3.8) is 0 Å². The first-order valence-corrected chi connectivity index (χ1v) is 20.8. The number of ether oxygens (including phenoxy) is 6. The third kappa shape index (κ3) is 6.51. The number of carbonyl (C=O) groups excluding carboxylic acids is 1. The van der Waals surface area contributed by atoms with Crippen molar-refractivity contribution >= 4 is 14.5 Å². The van der Waals surface area contributed by atoms with E-state index < -0.39 is 14.5 Å². The van der Waals surface area contributed by atoms with E-state index in [-0.39, 0.29) is 64.5 Å². The molecule has 1 saturated heterocycles. The number of carbonyl (C=O) groups is 1. The zero-order valence-corrected chi connectivity index (χ0v) is 31.9. The molecule has 5 aliphatic rings. The van der Waals surface area contributed by atoms with Crippen molar-refractivity contribution in [3.05, 3.63) is 11.6 Å². The van der Waals surface area contributed by atoms with Gasteiger partial charge in [0.15, 0.2) is 14.6 Å². The largest absolute Gasteiger partial charge is 0.508 e. The van der Waals surface area contributed by atoms with E-state index in [1.165, 1.54) is 12.7 Å². The van der Waals surface area contributed by atoms with Crippen LogP contribution < -0.4 is 0 Å². The van der Waals surface area contributed by atoms with E-state index in [9.17, 15) is 4.79 Å². The van der Waals surface area contributed by atoms with Gasteiger partial charge in [-0.15, -0.1) is 0 Å². The summed E-state index contributed by atoms with van der Waals surface area (Å²) < 4.78 is 43.1. The van der Waals surface area contributed by atoms with Gasteiger partial charge in [0.05, 0.1) is 32.5 Å². The van der Waals surface area contributed by atoms with Gasteiger partial charge in [0.1, 0.15) is 12.9 Å². The molecular formula is C37H64O8Si. The molecule has 0 N–H and O–H groups in total. The van der Waals surface area contributed by atoms with Gasteiger partial charge in [0, 0.05) is 29.8 Å². The van der Waals surface area contributed by atoms with E-state index in [0.29, 0.717) is 17.8 Å². The topological polar surface area (TPSA) is 81.7 Å². The molecule has 1 heterocycles. The van der Waals surface area contributed by atoms with E-state index in [1.54, 1.807) is 7.11 Å². The summed E-state index contributed by atoms with van der Waals surface area (Å²) >= 11 is 0. The van der Waals surface area contributed by atoms with Crippen LogP contribution >= 0.6 is 0 Å². The molecular weight excluding hydrogens is 600 g/mol. The predicted octanol–water partition coefficient (Wildman–Crippen LogP) is 8.35. The second-order valence-electron chi connectivity index (χ2n) is 18.0. The minimum absolute atomic E-state index is 0.0448. The Morgan fingerprint density at radius 2 is 1.72 bits per heavy atom. The molecule has 4 fully saturated rings. The Bertz CT molecular complexity index is 1120. The molecule has 4 aliphatic carbocycles. The summed E-state index contributed by atoms with van der Waals surface area (Å²) in [6.07, 6.45) is 7.21. The van der Waals surface area contributed by atoms with Gasteiger partial charge >= 0.3 is 6.16 Å². The Morgan fingerprint density at radius 3 is 2.33 bits per heavy atom.